The minimum atomic E-state index is -0.569. The average molecular weight is 283 g/mol. The van der Waals surface area contributed by atoms with Gasteiger partial charge in [-0.05, 0) is 18.2 Å². The Morgan fingerprint density at radius 3 is 3.00 bits per heavy atom. The summed E-state index contributed by atoms with van der Waals surface area (Å²) in [6.45, 7) is 1.07. The van der Waals surface area contributed by atoms with Crippen LogP contribution in [0.5, 0.6) is 0 Å². The monoisotopic (exact) mass is 282 g/mol. The predicted molar refractivity (Wildman–Crippen MR) is 64.6 cm³/mol. The molecule has 1 amide bonds. The minimum Gasteiger partial charge on any atom is -0.378 e. The largest absolute Gasteiger partial charge is 0.378 e. The summed E-state index contributed by atoms with van der Waals surface area (Å²) in [6, 6.07) is 5.80. The van der Waals surface area contributed by atoms with E-state index in [-0.39, 0.29) is 5.91 Å². The number of ether oxygens (including phenoxy) is 1. The molecule has 1 saturated heterocycles. The summed E-state index contributed by atoms with van der Waals surface area (Å²) < 4.78 is 6.27. The lowest BCUT2D eigenvalue weighted by atomic mass is 9.94. The van der Waals surface area contributed by atoms with E-state index < -0.39 is 5.54 Å². The van der Waals surface area contributed by atoms with Crippen LogP contribution < -0.4 is 10.6 Å². The van der Waals surface area contributed by atoms with E-state index in [4.69, 9.17) is 4.74 Å². The van der Waals surface area contributed by atoms with Gasteiger partial charge in [-0.3, -0.25) is 4.79 Å². The third kappa shape index (κ3) is 1.43. The molecule has 84 valence electrons. The number of halogens is 1. The predicted octanol–water partition coefficient (Wildman–Crippen LogP) is 1.97. The summed E-state index contributed by atoms with van der Waals surface area (Å²) in [5, 5.41) is 6.21. The number of amides is 1. The molecular weight excluding hydrogens is 272 g/mol. The Balaban J connectivity index is 2.01. The van der Waals surface area contributed by atoms with E-state index >= 15 is 0 Å². The van der Waals surface area contributed by atoms with Crippen molar-refractivity contribution in [3.8, 4) is 0 Å². The van der Waals surface area contributed by atoms with Gasteiger partial charge in [0.05, 0.1) is 18.0 Å². The fourth-order valence-corrected chi connectivity index (χ4v) is 2.49. The van der Waals surface area contributed by atoms with Crippen LogP contribution in [0.3, 0.4) is 0 Å². The van der Waals surface area contributed by atoms with Crippen LogP contribution in [-0.2, 0) is 9.53 Å². The normalized spacial score (nSPS) is 27.4. The number of carbonyl (C=O) groups excluding carboxylic acids is 1. The van der Waals surface area contributed by atoms with Crippen LogP contribution in [0.4, 0.5) is 11.4 Å². The Morgan fingerprint density at radius 2 is 2.25 bits per heavy atom. The zero-order chi connectivity index (χ0) is 11.2. The number of rotatable bonds is 0. The van der Waals surface area contributed by atoms with E-state index in [1.165, 1.54) is 0 Å². The third-order valence-electron chi connectivity index (χ3n) is 3.06. The van der Waals surface area contributed by atoms with Crippen LogP contribution in [0.25, 0.3) is 0 Å². The summed E-state index contributed by atoms with van der Waals surface area (Å²) >= 11 is 3.38. The molecule has 4 nitrogen and oxygen atoms in total. The first-order valence-electron chi connectivity index (χ1n) is 5.17. The van der Waals surface area contributed by atoms with E-state index in [0.29, 0.717) is 19.6 Å². The zero-order valence-electron chi connectivity index (χ0n) is 8.55. The standard InChI is InChI=1S/C11H11BrN2O2/c12-7-1-2-8-9(5-7)13-10(15)11(14-8)3-4-16-6-11/h1-2,5,14H,3-4,6H2,(H,13,15). The Hall–Kier alpha value is -1.07. The minimum absolute atomic E-state index is 0.00407. The fourth-order valence-electron chi connectivity index (χ4n) is 2.13. The maximum atomic E-state index is 12.0. The smallest absolute Gasteiger partial charge is 0.252 e. The highest BCUT2D eigenvalue weighted by molar-refractivity contribution is 9.10. The SMILES string of the molecule is O=C1Nc2cc(Br)ccc2NC12CCOC2. The molecule has 2 aliphatic rings. The molecule has 1 atom stereocenters. The van der Waals surface area contributed by atoms with Crippen LogP contribution in [-0.4, -0.2) is 24.7 Å². The maximum Gasteiger partial charge on any atom is 0.252 e. The van der Waals surface area contributed by atoms with Crippen molar-refractivity contribution in [2.75, 3.05) is 23.8 Å². The van der Waals surface area contributed by atoms with Crippen LogP contribution in [0.15, 0.2) is 22.7 Å². The van der Waals surface area contributed by atoms with E-state index in [1.807, 2.05) is 18.2 Å². The van der Waals surface area contributed by atoms with Gasteiger partial charge in [-0.1, -0.05) is 15.9 Å². The molecule has 0 saturated carbocycles. The van der Waals surface area contributed by atoms with Crippen molar-refractivity contribution < 1.29 is 9.53 Å². The second-order valence-corrected chi connectivity index (χ2v) is 5.07. The van der Waals surface area contributed by atoms with Crippen LogP contribution in [0.1, 0.15) is 6.42 Å². The van der Waals surface area contributed by atoms with Gasteiger partial charge in [0.25, 0.3) is 5.91 Å². The van der Waals surface area contributed by atoms with Gasteiger partial charge in [0, 0.05) is 17.5 Å². The van der Waals surface area contributed by atoms with Crippen molar-refractivity contribution in [2.45, 2.75) is 12.0 Å². The number of benzene rings is 1. The average Bonchev–Trinajstić information content (AvgIpc) is 2.70. The van der Waals surface area contributed by atoms with Gasteiger partial charge in [-0.25, -0.2) is 0 Å². The molecule has 1 aromatic carbocycles. The first-order valence-corrected chi connectivity index (χ1v) is 5.96. The van der Waals surface area contributed by atoms with Crippen LogP contribution >= 0.6 is 15.9 Å². The molecule has 0 bridgehead atoms. The second kappa shape index (κ2) is 3.46. The van der Waals surface area contributed by atoms with Crippen molar-refractivity contribution in [3.05, 3.63) is 22.7 Å². The van der Waals surface area contributed by atoms with Gasteiger partial charge in [-0.2, -0.15) is 0 Å². The van der Waals surface area contributed by atoms with Crippen LogP contribution in [0, 0.1) is 0 Å². The molecule has 0 aromatic heterocycles. The van der Waals surface area contributed by atoms with Gasteiger partial charge in [-0.15, -0.1) is 0 Å². The lowest BCUT2D eigenvalue weighted by Crippen LogP contribution is -2.53. The molecule has 0 radical (unpaired) electrons. The molecule has 3 rings (SSSR count). The summed E-state index contributed by atoms with van der Waals surface area (Å²) in [6.07, 6.45) is 0.717. The summed E-state index contributed by atoms with van der Waals surface area (Å²) in [5.74, 6) is -0.00407. The van der Waals surface area contributed by atoms with Gasteiger partial charge in [0.15, 0.2) is 0 Å². The number of hydrogen-bond acceptors (Lipinski definition) is 3. The fraction of sp³-hybridized carbons (Fsp3) is 0.364. The highest BCUT2D eigenvalue weighted by Gasteiger charge is 2.45. The van der Waals surface area contributed by atoms with Gasteiger partial charge in [0.1, 0.15) is 5.54 Å². The summed E-state index contributed by atoms with van der Waals surface area (Å²) in [5.41, 5.74) is 1.20. The van der Waals surface area contributed by atoms with Crippen molar-refractivity contribution >= 4 is 33.2 Å². The van der Waals surface area contributed by atoms with E-state index in [2.05, 4.69) is 26.6 Å². The molecular formula is C11H11BrN2O2. The molecule has 1 aromatic rings. The topological polar surface area (TPSA) is 50.4 Å². The Kier molecular flexibility index (Phi) is 2.19. The molecule has 1 fully saturated rings. The summed E-state index contributed by atoms with van der Waals surface area (Å²) in [7, 11) is 0. The molecule has 1 spiro atoms. The quantitative estimate of drug-likeness (QED) is 0.765. The number of anilines is 2. The molecule has 1 unspecified atom stereocenters. The van der Waals surface area contributed by atoms with Gasteiger partial charge < -0.3 is 15.4 Å². The Labute approximate surface area is 101 Å². The van der Waals surface area contributed by atoms with Crippen molar-refractivity contribution in [1.82, 2.24) is 0 Å². The van der Waals surface area contributed by atoms with Crippen molar-refractivity contribution in [3.63, 3.8) is 0 Å². The maximum absolute atomic E-state index is 12.0. The van der Waals surface area contributed by atoms with E-state index in [9.17, 15) is 4.79 Å². The highest BCUT2D eigenvalue weighted by atomic mass is 79.9. The van der Waals surface area contributed by atoms with Crippen LogP contribution in [0.2, 0.25) is 0 Å². The van der Waals surface area contributed by atoms with Gasteiger partial charge >= 0.3 is 0 Å². The number of carbonyl (C=O) groups is 1. The molecule has 5 heteroatoms. The number of nitrogens with one attached hydrogen (secondary N) is 2. The Morgan fingerprint density at radius 1 is 1.38 bits per heavy atom. The zero-order valence-corrected chi connectivity index (χ0v) is 10.1. The van der Waals surface area contributed by atoms with Crippen molar-refractivity contribution in [2.24, 2.45) is 0 Å². The van der Waals surface area contributed by atoms with E-state index in [1.54, 1.807) is 0 Å². The lowest BCUT2D eigenvalue weighted by molar-refractivity contribution is -0.120. The first-order chi connectivity index (χ1) is 7.70. The first kappa shape index (κ1) is 10.1. The lowest BCUT2D eigenvalue weighted by Gasteiger charge is -2.34. The van der Waals surface area contributed by atoms with Gasteiger partial charge in [0.2, 0.25) is 0 Å². The molecule has 2 N–H and O–H groups in total. The molecule has 2 heterocycles. The molecule has 0 aliphatic carbocycles. The number of fused-ring (bicyclic) bond motifs is 1. The Bertz CT molecular complexity index is 455. The van der Waals surface area contributed by atoms with Crippen molar-refractivity contribution in [1.29, 1.82) is 0 Å². The third-order valence-corrected chi connectivity index (χ3v) is 3.55. The summed E-state index contributed by atoms with van der Waals surface area (Å²) in [4.78, 5) is 12.0. The highest BCUT2D eigenvalue weighted by Crippen LogP contribution is 2.36. The molecule has 2 aliphatic heterocycles. The molecule has 16 heavy (non-hydrogen) atoms. The second-order valence-electron chi connectivity index (χ2n) is 4.15. The number of hydrogen-bond donors (Lipinski definition) is 2. The van der Waals surface area contributed by atoms with E-state index in [0.717, 1.165) is 15.8 Å².